The Morgan fingerprint density at radius 1 is 1.00 bits per heavy atom. The van der Waals surface area contributed by atoms with Crippen LogP contribution in [0.4, 0.5) is 0 Å². The Bertz CT molecular complexity index is 846. The predicted octanol–water partition coefficient (Wildman–Crippen LogP) is 3.17. The van der Waals surface area contributed by atoms with E-state index in [1.165, 1.54) is 11.1 Å². The average molecular weight is 341 g/mol. The van der Waals surface area contributed by atoms with Crippen molar-refractivity contribution >= 4 is 0 Å². The third kappa shape index (κ3) is 2.26. The topological polar surface area (TPSA) is 51.2 Å². The van der Waals surface area contributed by atoms with E-state index in [4.69, 9.17) is 14.2 Å². The van der Waals surface area contributed by atoms with Crippen LogP contribution in [-0.4, -0.2) is 44.9 Å². The fourth-order valence-electron chi connectivity index (χ4n) is 4.23. The van der Waals surface area contributed by atoms with Gasteiger partial charge in [-0.05, 0) is 60.3 Å². The molecule has 1 N–H and O–H groups in total. The van der Waals surface area contributed by atoms with Crippen molar-refractivity contribution in [3.8, 4) is 34.1 Å². The Labute approximate surface area is 147 Å². The molecule has 25 heavy (non-hydrogen) atoms. The lowest BCUT2D eigenvalue weighted by atomic mass is 9.76. The quantitative estimate of drug-likeness (QED) is 0.929. The van der Waals surface area contributed by atoms with Gasteiger partial charge in [-0.25, -0.2) is 0 Å². The molecule has 0 saturated heterocycles. The Balaban J connectivity index is 2.07. The highest BCUT2D eigenvalue weighted by molar-refractivity contribution is 5.85. The highest BCUT2D eigenvalue weighted by atomic mass is 16.5. The van der Waals surface area contributed by atoms with Gasteiger partial charge < -0.3 is 19.3 Å². The van der Waals surface area contributed by atoms with Crippen molar-refractivity contribution < 1.29 is 19.3 Å². The number of hydrogen-bond acceptors (Lipinski definition) is 5. The van der Waals surface area contributed by atoms with Crippen LogP contribution in [0.1, 0.15) is 22.7 Å². The molecule has 1 heterocycles. The first-order chi connectivity index (χ1) is 12.1. The zero-order valence-electron chi connectivity index (χ0n) is 15.0. The molecule has 0 unspecified atom stereocenters. The molecule has 0 bridgehead atoms. The summed E-state index contributed by atoms with van der Waals surface area (Å²) in [4.78, 5) is 2.39. The molecule has 0 amide bonds. The second-order valence-corrected chi connectivity index (χ2v) is 6.69. The van der Waals surface area contributed by atoms with Crippen molar-refractivity contribution in [1.29, 1.82) is 0 Å². The normalized spacial score (nSPS) is 18.3. The number of benzene rings is 2. The molecule has 0 spiro atoms. The van der Waals surface area contributed by atoms with Crippen molar-refractivity contribution in [2.75, 3.05) is 34.9 Å². The fourth-order valence-corrected chi connectivity index (χ4v) is 4.23. The average Bonchev–Trinajstić information content (AvgIpc) is 2.63. The van der Waals surface area contributed by atoms with E-state index in [1.807, 2.05) is 6.07 Å². The van der Waals surface area contributed by atoms with Gasteiger partial charge in [-0.1, -0.05) is 0 Å². The summed E-state index contributed by atoms with van der Waals surface area (Å²) in [5.41, 5.74) is 5.78. The number of nitrogens with zero attached hydrogens (tertiary/aromatic N) is 1. The number of hydrogen-bond donors (Lipinski definition) is 1. The predicted molar refractivity (Wildman–Crippen MR) is 96.0 cm³/mol. The number of aromatic hydroxyl groups is 1. The molecule has 0 radical (unpaired) electrons. The fraction of sp³-hybridized carbons (Fsp3) is 0.400. The molecule has 1 aliphatic carbocycles. The van der Waals surface area contributed by atoms with Crippen LogP contribution < -0.4 is 14.2 Å². The summed E-state index contributed by atoms with van der Waals surface area (Å²) in [7, 11) is 7.07. The Morgan fingerprint density at radius 2 is 1.72 bits per heavy atom. The van der Waals surface area contributed by atoms with Crippen molar-refractivity contribution in [1.82, 2.24) is 4.90 Å². The number of likely N-dealkylation sites (N-methyl/N-ethyl adjacent to an activating group) is 1. The first-order valence-corrected chi connectivity index (χ1v) is 8.47. The number of methoxy groups -OCH3 is 3. The van der Waals surface area contributed by atoms with E-state index in [0.717, 1.165) is 47.6 Å². The van der Waals surface area contributed by atoms with Crippen LogP contribution in [0.15, 0.2) is 18.2 Å². The van der Waals surface area contributed by atoms with Gasteiger partial charge in [0.25, 0.3) is 0 Å². The van der Waals surface area contributed by atoms with Crippen LogP contribution in [-0.2, 0) is 12.8 Å². The third-order valence-corrected chi connectivity index (χ3v) is 5.48. The standard InChI is InChI=1S/C20H23NO4/c1-21-6-5-11-8-17(24-3)20(25-4)19-13-10-15(22)16(23-2)9-12(13)7-14(21)18(11)19/h8-10,14,22H,5-7H2,1-4H3/t14-/m0/s1. The van der Waals surface area contributed by atoms with Crippen LogP contribution in [0.2, 0.25) is 0 Å². The SMILES string of the molecule is COc1cc2c(cc1O)-c1c(OC)c(OC)cc3c1[C@H](C2)N(C)CC3. The Kier molecular flexibility index (Phi) is 3.76. The smallest absolute Gasteiger partial charge is 0.168 e. The summed E-state index contributed by atoms with van der Waals surface area (Å²) in [5.74, 6) is 2.11. The van der Waals surface area contributed by atoms with Gasteiger partial charge >= 0.3 is 0 Å². The van der Waals surface area contributed by atoms with Crippen molar-refractivity contribution in [3.05, 3.63) is 34.9 Å². The maximum absolute atomic E-state index is 10.3. The molecule has 0 fully saturated rings. The Hall–Kier alpha value is -2.40. The highest BCUT2D eigenvalue weighted by Gasteiger charge is 2.36. The van der Waals surface area contributed by atoms with Gasteiger partial charge in [0.2, 0.25) is 0 Å². The molecule has 1 atom stereocenters. The van der Waals surface area contributed by atoms with Gasteiger partial charge in [0.1, 0.15) is 0 Å². The summed E-state index contributed by atoms with van der Waals surface area (Å²) in [6.07, 6.45) is 1.87. The lowest BCUT2D eigenvalue weighted by Crippen LogP contribution is -2.35. The second kappa shape index (κ2) is 5.85. The van der Waals surface area contributed by atoms with Crippen LogP contribution in [0, 0.1) is 0 Å². The van der Waals surface area contributed by atoms with Gasteiger partial charge in [0.15, 0.2) is 23.0 Å². The van der Waals surface area contributed by atoms with E-state index in [0.29, 0.717) is 11.8 Å². The summed E-state index contributed by atoms with van der Waals surface area (Å²) in [5, 5.41) is 10.3. The number of fused-ring (bicyclic) bond motifs is 2. The third-order valence-electron chi connectivity index (χ3n) is 5.48. The zero-order valence-corrected chi connectivity index (χ0v) is 15.0. The van der Waals surface area contributed by atoms with Gasteiger partial charge in [0.05, 0.1) is 21.3 Å². The van der Waals surface area contributed by atoms with Crippen molar-refractivity contribution in [2.45, 2.75) is 18.9 Å². The summed E-state index contributed by atoms with van der Waals surface area (Å²) in [6.45, 7) is 1.01. The van der Waals surface area contributed by atoms with Crippen molar-refractivity contribution in [2.24, 2.45) is 0 Å². The lowest BCUT2D eigenvalue weighted by molar-refractivity contribution is 0.226. The van der Waals surface area contributed by atoms with Crippen LogP contribution in [0.25, 0.3) is 11.1 Å². The molecule has 132 valence electrons. The molecule has 2 aromatic rings. The Morgan fingerprint density at radius 3 is 2.40 bits per heavy atom. The largest absolute Gasteiger partial charge is 0.504 e. The molecule has 1 aliphatic heterocycles. The van der Waals surface area contributed by atoms with E-state index in [9.17, 15) is 5.11 Å². The van der Waals surface area contributed by atoms with E-state index in [2.05, 4.69) is 18.0 Å². The molecule has 0 aromatic heterocycles. The summed E-state index contributed by atoms with van der Waals surface area (Å²) >= 11 is 0. The maximum atomic E-state index is 10.3. The van der Waals surface area contributed by atoms with E-state index >= 15 is 0 Å². The molecule has 4 rings (SSSR count). The van der Waals surface area contributed by atoms with E-state index in [1.54, 1.807) is 27.4 Å². The van der Waals surface area contributed by atoms with E-state index in [-0.39, 0.29) is 5.75 Å². The number of phenols is 1. The number of ether oxygens (including phenoxy) is 3. The summed E-state index contributed by atoms with van der Waals surface area (Å²) < 4.78 is 16.6. The summed E-state index contributed by atoms with van der Waals surface area (Å²) in [6, 6.07) is 6.12. The molecule has 5 heteroatoms. The molecule has 0 saturated carbocycles. The molecular weight excluding hydrogens is 318 g/mol. The number of rotatable bonds is 3. The lowest BCUT2D eigenvalue weighted by Gasteiger charge is -2.40. The van der Waals surface area contributed by atoms with Crippen LogP contribution in [0.3, 0.4) is 0 Å². The van der Waals surface area contributed by atoms with Crippen LogP contribution >= 0.6 is 0 Å². The zero-order chi connectivity index (χ0) is 17.7. The molecule has 2 aromatic carbocycles. The monoisotopic (exact) mass is 341 g/mol. The first kappa shape index (κ1) is 16.1. The van der Waals surface area contributed by atoms with Gasteiger partial charge in [-0.3, -0.25) is 4.90 Å². The number of phenolic OH excluding ortho intramolecular Hbond substituents is 1. The van der Waals surface area contributed by atoms with Gasteiger partial charge in [-0.2, -0.15) is 0 Å². The molecule has 5 nitrogen and oxygen atoms in total. The van der Waals surface area contributed by atoms with Crippen LogP contribution in [0.5, 0.6) is 23.0 Å². The van der Waals surface area contributed by atoms with Gasteiger partial charge in [0, 0.05) is 18.2 Å². The van der Waals surface area contributed by atoms with Gasteiger partial charge in [-0.15, -0.1) is 0 Å². The van der Waals surface area contributed by atoms with E-state index < -0.39 is 0 Å². The minimum absolute atomic E-state index is 0.141. The second-order valence-electron chi connectivity index (χ2n) is 6.69. The maximum Gasteiger partial charge on any atom is 0.168 e. The first-order valence-electron chi connectivity index (χ1n) is 8.47. The minimum Gasteiger partial charge on any atom is -0.504 e. The highest BCUT2D eigenvalue weighted by Crippen LogP contribution is 2.53. The molecular formula is C20H23NO4. The van der Waals surface area contributed by atoms with Crippen molar-refractivity contribution in [3.63, 3.8) is 0 Å². The minimum atomic E-state index is 0.141. The molecule has 2 aliphatic rings.